The van der Waals surface area contributed by atoms with Crippen LogP contribution in [-0.4, -0.2) is 51.7 Å². The molecule has 2 aromatic carbocycles. The molecule has 0 aliphatic heterocycles. The summed E-state index contributed by atoms with van der Waals surface area (Å²) < 4.78 is 0. The molecular formula is C36H46O7. The van der Waals surface area contributed by atoms with Crippen LogP contribution in [0.4, 0.5) is 0 Å². The van der Waals surface area contributed by atoms with Gasteiger partial charge >= 0.3 is 0 Å². The molecule has 2 aromatic rings. The van der Waals surface area contributed by atoms with Crippen molar-refractivity contribution in [1.82, 2.24) is 0 Å². The van der Waals surface area contributed by atoms with Gasteiger partial charge in [0, 0.05) is 31.3 Å². The van der Waals surface area contributed by atoms with Gasteiger partial charge in [-0.2, -0.15) is 0 Å². The fraction of sp³-hybridized carbons (Fsp3) is 0.556. The maximum Gasteiger partial charge on any atom is 0.167 e. The second-order valence-corrected chi connectivity index (χ2v) is 13.7. The van der Waals surface area contributed by atoms with E-state index < -0.39 is 18.4 Å². The molecule has 0 radical (unpaired) electrons. The third kappa shape index (κ3) is 7.87. The molecule has 3 unspecified atom stereocenters. The zero-order valence-corrected chi connectivity index (χ0v) is 25.9. The summed E-state index contributed by atoms with van der Waals surface area (Å²) in [5.41, 5.74) is 4.57. The molecule has 0 amide bonds. The molecule has 0 aromatic heterocycles. The number of fused-ring (bicyclic) bond motifs is 1. The molecule has 43 heavy (non-hydrogen) atoms. The number of hydrogen-bond donors (Lipinski definition) is 3. The Morgan fingerprint density at radius 2 is 1.70 bits per heavy atom. The molecular weight excluding hydrogens is 544 g/mol. The topological polar surface area (TPSA) is 129 Å². The van der Waals surface area contributed by atoms with Crippen molar-refractivity contribution in [1.29, 1.82) is 0 Å². The SMILES string of the molecule is CC(=O)CC(=O)C(CO)C(CCO)CC1CC(=O)c2c(O)c(CCC(=O)C3CC3)cc(-c3ccc(C(C)(C)C)cc3)c2C1. The highest BCUT2D eigenvalue weighted by molar-refractivity contribution is 6.03. The van der Waals surface area contributed by atoms with Crippen LogP contribution in [0.2, 0.25) is 0 Å². The molecule has 4 rings (SSSR count). The number of phenolic OH excluding ortho intramolecular Hbond substituents is 1. The van der Waals surface area contributed by atoms with E-state index in [-0.39, 0.29) is 72.0 Å². The van der Waals surface area contributed by atoms with E-state index >= 15 is 0 Å². The minimum absolute atomic E-state index is 0.0346. The third-order valence-corrected chi connectivity index (χ3v) is 9.21. The molecule has 0 saturated heterocycles. The number of hydrogen-bond acceptors (Lipinski definition) is 7. The van der Waals surface area contributed by atoms with Gasteiger partial charge in [-0.05, 0) is 96.6 Å². The number of carbonyl (C=O) groups is 4. The van der Waals surface area contributed by atoms with Crippen molar-refractivity contribution in [3.05, 3.63) is 52.6 Å². The maximum absolute atomic E-state index is 13.7. The fourth-order valence-corrected chi connectivity index (χ4v) is 6.60. The van der Waals surface area contributed by atoms with Gasteiger partial charge in [0.25, 0.3) is 0 Å². The van der Waals surface area contributed by atoms with E-state index in [1.807, 2.05) is 18.2 Å². The summed E-state index contributed by atoms with van der Waals surface area (Å²) in [5.74, 6) is -1.90. The number of aliphatic hydroxyl groups is 2. The van der Waals surface area contributed by atoms with E-state index in [1.165, 1.54) is 12.5 Å². The lowest BCUT2D eigenvalue weighted by molar-refractivity contribution is -0.131. The van der Waals surface area contributed by atoms with Gasteiger partial charge in [-0.1, -0.05) is 45.0 Å². The first-order valence-corrected chi connectivity index (χ1v) is 15.6. The minimum atomic E-state index is -0.795. The number of rotatable bonds is 14. The fourth-order valence-electron chi connectivity index (χ4n) is 6.60. The Balaban J connectivity index is 1.71. The third-order valence-electron chi connectivity index (χ3n) is 9.21. The van der Waals surface area contributed by atoms with E-state index in [9.17, 15) is 34.5 Å². The Kier molecular flexibility index (Phi) is 10.4. The van der Waals surface area contributed by atoms with E-state index in [4.69, 9.17) is 0 Å². The van der Waals surface area contributed by atoms with Crippen LogP contribution in [0.1, 0.15) is 99.7 Å². The zero-order chi connectivity index (χ0) is 31.5. The van der Waals surface area contributed by atoms with Gasteiger partial charge in [0.05, 0.1) is 18.6 Å². The largest absolute Gasteiger partial charge is 0.507 e. The van der Waals surface area contributed by atoms with Crippen molar-refractivity contribution in [2.24, 2.45) is 23.7 Å². The van der Waals surface area contributed by atoms with Crippen molar-refractivity contribution in [3.63, 3.8) is 0 Å². The lowest BCUT2D eigenvalue weighted by Crippen LogP contribution is -2.32. The van der Waals surface area contributed by atoms with Gasteiger partial charge < -0.3 is 15.3 Å². The molecule has 7 heteroatoms. The number of aryl methyl sites for hydroxylation is 1. The quantitative estimate of drug-likeness (QED) is 0.246. The van der Waals surface area contributed by atoms with E-state index in [2.05, 4.69) is 32.9 Å². The monoisotopic (exact) mass is 590 g/mol. The first kappa shape index (κ1) is 32.7. The number of ketones is 4. The summed E-state index contributed by atoms with van der Waals surface area (Å²) in [7, 11) is 0. The van der Waals surface area contributed by atoms with E-state index in [0.717, 1.165) is 29.5 Å². The number of phenols is 1. The van der Waals surface area contributed by atoms with Crippen molar-refractivity contribution >= 4 is 23.1 Å². The summed E-state index contributed by atoms with van der Waals surface area (Å²) in [6.07, 6.45) is 3.61. The first-order chi connectivity index (χ1) is 20.3. The van der Waals surface area contributed by atoms with E-state index in [1.54, 1.807) is 0 Å². The predicted octanol–water partition coefficient (Wildman–Crippen LogP) is 5.56. The van der Waals surface area contributed by atoms with Crippen LogP contribution < -0.4 is 0 Å². The normalized spacial score (nSPS) is 18.2. The van der Waals surface area contributed by atoms with Crippen LogP contribution in [0.5, 0.6) is 5.75 Å². The Labute approximate surface area is 254 Å². The van der Waals surface area contributed by atoms with Crippen LogP contribution in [0.3, 0.4) is 0 Å². The van der Waals surface area contributed by atoms with Crippen LogP contribution in [-0.2, 0) is 32.6 Å². The van der Waals surface area contributed by atoms with Gasteiger partial charge in [-0.15, -0.1) is 0 Å². The Bertz CT molecular complexity index is 1360. The van der Waals surface area contributed by atoms with Gasteiger partial charge in [0.1, 0.15) is 23.1 Å². The molecule has 3 N–H and O–H groups in total. The number of benzene rings is 2. The second kappa shape index (κ2) is 13.6. The van der Waals surface area contributed by atoms with Crippen LogP contribution in [0.25, 0.3) is 11.1 Å². The summed E-state index contributed by atoms with van der Waals surface area (Å²) in [6, 6.07) is 10.2. The summed E-state index contributed by atoms with van der Waals surface area (Å²) in [6.45, 7) is 7.16. The molecule has 232 valence electrons. The van der Waals surface area contributed by atoms with Crippen molar-refractivity contribution in [2.45, 2.75) is 90.9 Å². The highest BCUT2D eigenvalue weighted by Crippen LogP contribution is 2.44. The average molecular weight is 591 g/mol. The van der Waals surface area contributed by atoms with Gasteiger partial charge in [0.15, 0.2) is 5.78 Å². The summed E-state index contributed by atoms with van der Waals surface area (Å²) >= 11 is 0. The van der Waals surface area contributed by atoms with Crippen molar-refractivity contribution in [3.8, 4) is 16.9 Å². The smallest absolute Gasteiger partial charge is 0.167 e. The highest BCUT2D eigenvalue weighted by atomic mass is 16.3. The molecule has 0 spiro atoms. The first-order valence-electron chi connectivity index (χ1n) is 15.6. The molecule has 0 bridgehead atoms. The molecule has 1 saturated carbocycles. The number of aromatic hydroxyl groups is 1. The number of Topliss-reactive ketones (excluding diaryl/α,β-unsaturated/α-hetero) is 4. The molecule has 0 heterocycles. The van der Waals surface area contributed by atoms with Crippen LogP contribution >= 0.6 is 0 Å². The zero-order valence-electron chi connectivity index (χ0n) is 25.9. The lowest BCUT2D eigenvalue weighted by Gasteiger charge is -2.32. The summed E-state index contributed by atoms with van der Waals surface area (Å²) in [5, 5.41) is 31.2. The average Bonchev–Trinajstić information content (AvgIpc) is 3.78. The predicted molar refractivity (Wildman–Crippen MR) is 165 cm³/mol. The van der Waals surface area contributed by atoms with Crippen molar-refractivity contribution in [2.75, 3.05) is 13.2 Å². The summed E-state index contributed by atoms with van der Waals surface area (Å²) in [4.78, 5) is 50.6. The molecule has 3 atom stereocenters. The molecule has 7 nitrogen and oxygen atoms in total. The standard InChI is InChI=1S/C36H46O7/c1-21(39)15-32(41)30(20-38)25(13-14-37)16-22-17-29-28(23-7-10-27(11-8-23)36(2,3)4)19-26(9-12-31(40)24-5-6-24)35(43)34(29)33(42)18-22/h7-8,10-11,19,22,24-25,30,37-38,43H,5-6,9,12-18,20H2,1-4H3. The van der Waals surface area contributed by atoms with Crippen LogP contribution in [0, 0.1) is 23.7 Å². The second-order valence-electron chi connectivity index (χ2n) is 13.7. The Morgan fingerprint density at radius 3 is 2.26 bits per heavy atom. The lowest BCUT2D eigenvalue weighted by atomic mass is 9.72. The Morgan fingerprint density at radius 1 is 1.02 bits per heavy atom. The van der Waals surface area contributed by atoms with Crippen LogP contribution in [0.15, 0.2) is 30.3 Å². The number of carbonyl (C=O) groups excluding carboxylic acids is 4. The van der Waals surface area contributed by atoms with Gasteiger partial charge in [-0.3, -0.25) is 19.2 Å². The van der Waals surface area contributed by atoms with Gasteiger partial charge in [0.2, 0.25) is 0 Å². The molecule has 2 aliphatic rings. The number of aliphatic hydroxyl groups excluding tert-OH is 2. The maximum atomic E-state index is 13.7. The molecule has 2 aliphatic carbocycles. The Hall–Kier alpha value is -3.16. The molecule has 1 fully saturated rings. The minimum Gasteiger partial charge on any atom is -0.507 e. The van der Waals surface area contributed by atoms with Crippen molar-refractivity contribution < 1.29 is 34.5 Å². The highest BCUT2D eigenvalue weighted by Gasteiger charge is 2.36. The van der Waals surface area contributed by atoms with Gasteiger partial charge in [-0.25, -0.2) is 0 Å². The van der Waals surface area contributed by atoms with E-state index in [0.29, 0.717) is 36.8 Å².